The topological polar surface area (TPSA) is 15.3 Å². The van der Waals surface area contributed by atoms with Crippen molar-refractivity contribution in [3.8, 4) is 0 Å². The molecule has 0 saturated carbocycles. The first-order chi connectivity index (χ1) is 6.79. The summed E-state index contributed by atoms with van der Waals surface area (Å²) in [4.78, 5) is 2.70. The van der Waals surface area contributed by atoms with Crippen LogP contribution in [0.15, 0.2) is 0 Å². The minimum atomic E-state index is 0.775. The van der Waals surface area contributed by atoms with Gasteiger partial charge in [0.15, 0.2) is 0 Å². The number of nitrogens with zero attached hydrogens (tertiary/aromatic N) is 1. The van der Waals surface area contributed by atoms with Crippen LogP contribution in [0.3, 0.4) is 0 Å². The highest BCUT2D eigenvalue weighted by atomic mass is 15.2. The first-order valence-corrected chi connectivity index (χ1v) is 6.26. The van der Waals surface area contributed by atoms with Crippen LogP contribution < -0.4 is 5.32 Å². The monoisotopic (exact) mass is 198 g/mol. The lowest BCUT2D eigenvalue weighted by Crippen LogP contribution is -2.43. The number of rotatable bonds is 6. The lowest BCUT2D eigenvalue weighted by molar-refractivity contribution is 0.176. The first kappa shape index (κ1) is 12.0. The Hall–Kier alpha value is -0.0800. The van der Waals surface area contributed by atoms with Gasteiger partial charge in [-0.3, -0.25) is 4.90 Å². The minimum absolute atomic E-state index is 0.775. The number of hydrogen-bond donors (Lipinski definition) is 1. The fourth-order valence-electron chi connectivity index (χ4n) is 2.53. The van der Waals surface area contributed by atoms with Crippen LogP contribution in [-0.4, -0.2) is 36.6 Å². The second-order valence-electron chi connectivity index (χ2n) is 4.48. The molecule has 2 nitrogen and oxygen atoms in total. The average Bonchev–Trinajstić information content (AvgIpc) is 2.59. The molecule has 1 rings (SSSR count). The molecule has 2 unspecified atom stereocenters. The Morgan fingerprint density at radius 2 is 2.21 bits per heavy atom. The molecule has 1 aliphatic heterocycles. The molecule has 0 aromatic carbocycles. The standard InChI is InChI=1S/C12H26N2/c1-4-7-12(10-13-5-2)14-9-6-8-11(14)3/h11-13H,4-10H2,1-3H3. The molecule has 84 valence electrons. The Kier molecular flexibility index (Phi) is 5.49. The molecule has 1 aliphatic rings. The minimum Gasteiger partial charge on any atom is -0.315 e. The maximum Gasteiger partial charge on any atom is 0.0223 e. The lowest BCUT2D eigenvalue weighted by atomic mass is 10.1. The quantitative estimate of drug-likeness (QED) is 0.704. The van der Waals surface area contributed by atoms with E-state index in [-0.39, 0.29) is 0 Å². The lowest BCUT2D eigenvalue weighted by Gasteiger charge is -2.31. The van der Waals surface area contributed by atoms with E-state index in [0.717, 1.165) is 18.6 Å². The third-order valence-electron chi connectivity index (χ3n) is 3.33. The van der Waals surface area contributed by atoms with Gasteiger partial charge in [0, 0.05) is 18.6 Å². The summed E-state index contributed by atoms with van der Waals surface area (Å²) < 4.78 is 0. The van der Waals surface area contributed by atoms with Crippen molar-refractivity contribution < 1.29 is 0 Å². The van der Waals surface area contributed by atoms with E-state index in [4.69, 9.17) is 0 Å². The highest BCUT2D eigenvalue weighted by Crippen LogP contribution is 2.21. The average molecular weight is 198 g/mol. The van der Waals surface area contributed by atoms with Crippen LogP contribution in [0.4, 0.5) is 0 Å². The highest BCUT2D eigenvalue weighted by Gasteiger charge is 2.26. The van der Waals surface area contributed by atoms with E-state index in [9.17, 15) is 0 Å². The predicted molar refractivity (Wildman–Crippen MR) is 62.6 cm³/mol. The van der Waals surface area contributed by atoms with E-state index < -0.39 is 0 Å². The van der Waals surface area contributed by atoms with E-state index in [1.807, 2.05) is 0 Å². The van der Waals surface area contributed by atoms with E-state index in [2.05, 4.69) is 31.0 Å². The third kappa shape index (κ3) is 3.25. The van der Waals surface area contributed by atoms with Crippen molar-refractivity contribution in [2.75, 3.05) is 19.6 Å². The van der Waals surface area contributed by atoms with Crippen LogP contribution in [0.1, 0.15) is 46.5 Å². The predicted octanol–water partition coefficient (Wildman–Crippen LogP) is 2.25. The molecular weight excluding hydrogens is 172 g/mol. The van der Waals surface area contributed by atoms with Gasteiger partial charge in [0.1, 0.15) is 0 Å². The molecule has 2 atom stereocenters. The summed E-state index contributed by atoms with van der Waals surface area (Å²) in [6.45, 7) is 10.5. The van der Waals surface area contributed by atoms with Gasteiger partial charge in [-0.05, 0) is 39.3 Å². The fraction of sp³-hybridized carbons (Fsp3) is 1.00. The second kappa shape index (κ2) is 6.41. The maximum absolute atomic E-state index is 3.49. The van der Waals surface area contributed by atoms with Gasteiger partial charge < -0.3 is 5.32 Å². The molecule has 2 heteroatoms. The molecule has 0 radical (unpaired) electrons. The van der Waals surface area contributed by atoms with Gasteiger partial charge >= 0.3 is 0 Å². The van der Waals surface area contributed by atoms with E-state index in [1.54, 1.807) is 0 Å². The summed E-state index contributed by atoms with van der Waals surface area (Å²) in [5.74, 6) is 0. The van der Waals surface area contributed by atoms with E-state index >= 15 is 0 Å². The Morgan fingerprint density at radius 1 is 1.43 bits per heavy atom. The summed E-state index contributed by atoms with van der Waals surface area (Å²) in [6.07, 6.45) is 5.44. The van der Waals surface area contributed by atoms with Gasteiger partial charge in [0.05, 0.1) is 0 Å². The van der Waals surface area contributed by atoms with Gasteiger partial charge in [-0.25, -0.2) is 0 Å². The largest absolute Gasteiger partial charge is 0.315 e. The molecule has 1 heterocycles. The number of likely N-dealkylation sites (tertiary alicyclic amines) is 1. The van der Waals surface area contributed by atoms with Crippen LogP contribution >= 0.6 is 0 Å². The zero-order valence-electron chi connectivity index (χ0n) is 10.1. The van der Waals surface area contributed by atoms with Crippen molar-refractivity contribution in [1.82, 2.24) is 10.2 Å². The molecule has 1 saturated heterocycles. The Morgan fingerprint density at radius 3 is 2.71 bits per heavy atom. The molecule has 0 aromatic rings. The molecule has 0 amide bonds. The molecule has 0 spiro atoms. The van der Waals surface area contributed by atoms with Gasteiger partial charge in [0.25, 0.3) is 0 Å². The van der Waals surface area contributed by atoms with Gasteiger partial charge in [-0.2, -0.15) is 0 Å². The van der Waals surface area contributed by atoms with Crippen LogP contribution in [0.2, 0.25) is 0 Å². The zero-order valence-corrected chi connectivity index (χ0v) is 10.1. The van der Waals surface area contributed by atoms with Gasteiger partial charge in [0.2, 0.25) is 0 Å². The molecular formula is C12H26N2. The molecule has 0 bridgehead atoms. The van der Waals surface area contributed by atoms with Crippen molar-refractivity contribution in [1.29, 1.82) is 0 Å². The zero-order chi connectivity index (χ0) is 10.4. The van der Waals surface area contributed by atoms with Crippen LogP contribution in [0.25, 0.3) is 0 Å². The van der Waals surface area contributed by atoms with Gasteiger partial charge in [-0.15, -0.1) is 0 Å². The van der Waals surface area contributed by atoms with Crippen molar-refractivity contribution in [3.05, 3.63) is 0 Å². The normalized spacial score (nSPS) is 25.5. The maximum atomic E-state index is 3.49. The SMILES string of the molecule is CCCC(CNCC)N1CCCC1C. The summed E-state index contributed by atoms with van der Waals surface area (Å²) >= 11 is 0. The summed E-state index contributed by atoms with van der Waals surface area (Å²) in [5.41, 5.74) is 0. The number of hydrogen-bond acceptors (Lipinski definition) is 2. The number of nitrogens with one attached hydrogen (secondary N) is 1. The first-order valence-electron chi connectivity index (χ1n) is 6.26. The molecule has 0 aromatic heterocycles. The van der Waals surface area contributed by atoms with Crippen molar-refractivity contribution in [2.45, 2.75) is 58.5 Å². The fourth-order valence-corrected chi connectivity index (χ4v) is 2.53. The Labute approximate surface area is 89.1 Å². The van der Waals surface area contributed by atoms with E-state index in [1.165, 1.54) is 38.8 Å². The Balaban J connectivity index is 2.39. The van der Waals surface area contributed by atoms with Crippen LogP contribution in [0, 0.1) is 0 Å². The van der Waals surface area contributed by atoms with Crippen molar-refractivity contribution >= 4 is 0 Å². The second-order valence-corrected chi connectivity index (χ2v) is 4.48. The molecule has 1 fully saturated rings. The molecule has 0 aliphatic carbocycles. The van der Waals surface area contributed by atoms with Crippen molar-refractivity contribution in [3.63, 3.8) is 0 Å². The molecule has 1 N–H and O–H groups in total. The summed E-state index contributed by atoms with van der Waals surface area (Å²) in [7, 11) is 0. The van der Waals surface area contributed by atoms with Gasteiger partial charge in [-0.1, -0.05) is 20.3 Å². The van der Waals surface area contributed by atoms with E-state index in [0.29, 0.717) is 0 Å². The molecule has 14 heavy (non-hydrogen) atoms. The van der Waals surface area contributed by atoms with Crippen LogP contribution in [0.5, 0.6) is 0 Å². The smallest absolute Gasteiger partial charge is 0.0223 e. The number of likely N-dealkylation sites (N-methyl/N-ethyl adjacent to an activating group) is 1. The third-order valence-corrected chi connectivity index (χ3v) is 3.33. The highest BCUT2D eigenvalue weighted by molar-refractivity contribution is 4.83. The summed E-state index contributed by atoms with van der Waals surface area (Å²) in [5, 5.41) is 3.49. The summed E-state index contributed by atoms with van der Waals surface area (Å²) in [6, 6.07) is 1.59. The van der Waals surface area contributed by atoms with Crippen molar-refractivity contribution in [2.24, 2.45) is 0 Å². The van der Waals surface area contributed by atoms with Crippen LogP contribution in [-0.2, 0) is 0 Å². The Bertz CT molecular complexity index is 147.